The van der Waals surface area contributed by atoms with E-state index < -0.39 is 0 Å². The van der Waals surface area contributed by atoms with Gasteiger partial charge in [0.25, 0.3) is 11.8 Å². The van der Waals surface area contributed by atoms with Gasteiger partial charge in [0.05, 0.1) is 0 Å². The molecular formula is C19H31N3O2. The minimum Gasteiger partial charge on any atom is -0.352 e. The van der Waals surface area contributed by atoms with E-state index >= 15 is 0 Å². The van der Waals surface area contributed by atoms with Crippen molar-refractivity contribution < 1.29 is 9.59 Å². The van der Waals surface area contributed by atoms with Crippen LogP contribution in [-0.4, -0.2) is 61.9 Å². The van der Waals surface area contributed by atoms with Crippen LogP contribution in [-0.2, 0) is 0 Å². The molecule has 0 fully saturated rings. The SMILES string of the molecule is CCCN(CCC)C(=O)c1ccc(C(=O)NCCCN(C)C)cc1. The highest BCUT2D eigenvalue weighted by atomic mass is 16.2. The van der Waals surface area contributed by atoms with E-state index in [-0.39, 0.29) is 11.8 Å². The lowest BCUT2D eigenvalue weighted by Crippen LogP contribution is -2.32. The van der Waals surface area contributed by atoms with Gasteiger partial charge in [0, 0.05) is 30.8 Å². The van der Waals surface area contributed by atoms with Gasteiger partial charge in [-0.25, -0.2) is 0 Å². The fourth-order valence-electron chi connectivity index (χ4n) is 2.50. The number of nitrogens with one attached hydrogen (secondary N) is 1. The van der Waals surface area contributed by atoms with Crippen LogP contribution < -0.4 is 5.32 Å². The summed E-state index contributed by atoms with van der Waals surface area (Å²) < 4.78 is 0. The highest BCUT2D eigenvalue weighted by molar-refractivity contribution is 5.97. The molecule has 1 N–H and O–H groups in total. The topological polar surface area (TPSA) is 52.7 Å². The van der Waals surface area contributed by atoms with Gasteiger partial charge in [-0.05, 0) is 64.2 Å². The Labute approximate surface area is 146 Å². The number of nitrogens with zero attached hydrogens (tertiary/aromatic N) is 2. The molecule has 0 saturated heterocycles. The molecule has 0 atom stereocenters. The minimum absolute atomic E-state index is 0.0386. The second-order valence-electron chi connectivity index (χ2n) is 6.28. The first-order valence-electron chi connectivity index (χ1n) is 8.81. The first kappa shape index (κ1) is 20.2. The van der Waals surface area contributed by atoms with Crippen LogP contribution in [0.4, 0.5) is 0 Å². The summed E-state index contributed by atoms with van der Waals surface area (Å²) >= 11 is 0. The maximum absolute atomic E-state index is 12.5. The van der Waals surface area contributed by atoms with Crippen molar-refractivity contribution in [2.45, 2.75) is 33.1 Å². The highest BCUT2D eigenvalue weighted by Gasteiger charge is 2.14. The van der Waals surface area contributed by atoms with E-state index in [4.69, 9.17) is 0 Å². The van der Waals surface area contributed by atoms with Crippen molar-refractivity contribution in [2.24, 2.45) is 0 Å². The van der Waals surface area contributed by atoms with Crippen LogP contribution in [0.2, 0.25) is 0 Å². The number of amides is 2. The maximum Gasteiger partial charge on any atom is 0.253 e. The summed E-state index contributed by atoms with van der Waals surface area (Å²) in [5.41, 5.74) is 1.23. The third-order valence-corrected chi connectivity index (χ3v) is 3.74. The molecular weight excluding hydrogens is 302 g/mol. The third kappa shape index (κ3) is 6.71. The Kier molecular flexibility index (Phi) is 9.08. The van der Waals surface area contributed by atoms with E-state index in [1.165, 1.54) is 0 Å². The summed E-state index contributed by atoms with van der Waals surface area (Å²) in [5.74, 6) is -0.0524. The van der Waals surface area contributed by atoms with E-state index in [1.54, 1.807) is 24.3 Å². The summed E-state index contributed by atoms with van der Waals surface area (Å²) in [6.45, 7) is 7.26. The summed E-state index contributed by atoms with van der Waals surface area (Å²) in [4.78, 5) is 28.6. The molecule has 24 heavy (non-hydrogen) atoms. The van der Waals surface area contributed by atoms with Crippen molar-refractivity contribution in [3.05, 3.63) is 35.4 Å². The predicted molar refractivity (Wildman–Crippen MR) is 98.4 cm³/mol. The van der Waals surface area contributed by atoms with Gasteiger partial charge in [-0.1, -0.05) is 13.8 Å². The Balaban J connectivity index is 2.60. The summed E-state index contributed by atoms with van der Waals surface area (Å²) in [7, 11) is 4.02. The summed E-state index contributed by atoms with van der Waals surface area (Å²) in [5, 5.41) is 2.91. The molecule has 5 heteroatoms. The third-order valence-electron chi connectivity index (χ3n) is 3.74. The molecule has 0 aliphatic carbocycles. The molecule has 0 aromatic heterocycles. The lowest BCUT2D eigenvalue weighted by Gasteiger charge is -2.21. The van der Waals surface area contributed by atoms with Gasteiger partial charge < -0.3 is 15.1 Å². The van der Waals surface area contributed by atoms with Gasteiger partial charge >= 0.3 is 0 Å². The summed E-state index contributed by atoms with van der Waals surface area (Å²) in [6.07, 6.45) is 2.80. The van der Waals surface area contributed by atoms with Gasteiger partial charge in [-0.3, -0.25) is 9.59 Å². The number of carbonyl (C=O) groups is 2. The normalized spacial score (nSPS) is 10.7. The molecule has 1 aromatic carbocycles. The van der Waals surface area contributed by atoms with Gasteiger partial charge in [-0.15, -0.1) is 0 Å². The minimum atomic E-state index is -0.0910. The van der Waals surface area contributed by atoms with Crippen molar-refractivity contribution in [3.63, 3.8) is 0 Å². The average molecular weight is 333 g/mol. The quantitative estimate of drug-likeness (QED) is 0.670. The Morgan fingerprint density at radius 2 is 1.46 bits per heavy atom. The van der Waals surface area contributed by atoms with Gasteiger partial charge in [-0.2, -0.15) is 0 Å². The van der Waals surface area contributed by atoms with Crippen LogP contribution >= 0.6 is 0 Å². The molecule has 0 bridgehead atoms. The van der Waals surface area contributed by atoms with Crippen molar-refractivity contribution >= 4 is 11.8 Å². The fourth-order valence-corrected chi connectivity index (χ4v) is 2.50. The zero-order valence-corrected chi connectivity index (χ0v) is 15.5. The average Bonchev–Trinajstić information content (AvgIpc) is 2.57. The Hall–Kier alpha value is -1.88. The van der Waals surface area contributed by atoms with Crippen LogP contribution in [0.25, 0.3) is 0 Å². The predicted octanol–water partition coefficient (Wildman–Crippen LogP) is 2.63. The van der Waals surface area contributed by atoms with E-state index in [9.17, 15) is 9.59 Å². The number of benzene rings is 1. The number of rotatable bonds is 10. The van der Waals surface area contributed by atoms with Gasteiger partial charge in [0.1, 0.15) is 0 Å². The van der Waals surface area contributed by atoms with Crippen molar-refractivity contribution in [3.8, 4) is 0 Å². The molecule has 1 aromatic rings. The molecule has 0 saturated carbocycles. The van der Waals surface area contributed by atoms with Gasteiger partial charge in [0.15, 0.2) is 0 Å². The smallest absolute Gasteiger partial charge is 0.253 e. The Bertz CT molecular complexity index is 506. The molecule has 0 aliphatic heterocycles. The highest BCUT2D eigenvalue weighted by Crippen LogP contribution is 2.09. The summed E-state index contributed by atoms with van der Waals surface area (Å²) in [6, 6.07) is 6.94. The molecule has 0 unspecified atom stereocenters. The van der Waals surface area contributed by atoms with Crippen LogP contribution in [0.5, 0.6) is 0 Å². The van der Waals surface area contributed by atoms with Crippen LogP contribution in [0, 0.1) is 0 Å². The fraction of sp³-hybridized carbons (Fsp3) is 0.579. The molecule has 2 amide bonds. The molecule has 1 rings (SSSR count). The zero-order chi connectivity index (χ0) is 17.9. The Morgan fingerprint density at radius 3 is 1.96 bits per heavy atom. The van der Waals surface area contributed by atoms with Crippen LogP contribution in [0.3, 0.4) is 0 Å². The molecule has 0 heterocycles. The molecule has 0 spiro atoms. The standard InChI is InChI=1S/C19H31N3O2/c1-5-13-22(14-6-2)19(24)17-10-8-16(9-11-17)18(23)20-12-7-15-21(3)4/h8-11H,5-7,12-15H2,1-4H3,(H,20,23). The lowest BCUT2D eigenvalue weighted by atomic mass is 10.1. The number of hydrogen-bond acceptors (Lipinski definition) is 3. The van der Waals surface area contributed by atoms with E-state index in [0.717, 1.165) is 38.9 Å². The molecule has 0 aliphatic rings. The van der Waals surface area contributed by atoms with E-state index in [0.29, 0.717) is 17.7 Å². The number of hydrogen-bond donors (Lipinski definition) is 1. The van der Waals surface area contributed by atoms with Crippen molar-refractivity contribution in [2.75, 3.05) is 40.3 Å². The largest absolute Gasteiger partial charge is 0.352 e. The maximum atomic E-state index is 12.5. The molecule has 134 valence electrons. The second kappa shape index (κ2) is 10.8. The zero-order valence-electron chi connectivity index (χ0n) is 15.5. The molecule has 0 radical (unpaired) electrons. The second-order valence-corrected chi connectivity index (χ2v) is 6.28. The lowest BCUT2D eigenvalue weighted by molar-refractivity contribution is 0.0755. The van der Waals surface area contributed by atoms with Crippen molar-refractivity contribution in [1.29, 1.82) is 0 Å². The van der Waals surface area contributed by atoms with Crippen LogP contribution in [0.1, 0.15) is 53.8 Å². The van der Waals surface area contributed by atoms with E-state index in [2.05, 4.69) is 24.1 Å². The first-order chi connectivity index (χ1) is 11.5. The van der Waals surface area contributed by atoms with Gasteiger partial charge in [0.2, 0.25) is 0 Å². The van der Waals surface area contributed by atoms with Crippen LogP contribution in [0.15, 0.2) is 24.3 Å². The Morgan fingerprint density at radius 1 is 0.917 bits per heavy atom. The first-order valence-corrected chi connectivity index (χ1v) is 8.81. The molecule has 5 nitrogen and oxygen atoms in total. The van der Waals surface area contributed by atoms with E-state index in [1.807, 2.05) is 19.0 Å². The van der Waals surface area contributed by atoms with Crippen molar-refractivity contribution in [1.82, 2.24) is 15.1 Å². The number of carbonyl (C=O) groups excluding carboxylic acids is 2. The monoisotopic (exact) mass is 333 g/mol.